The van der Waals surface area contributed by atoms with E-state index < -0.39 is 10.8 Å². The van der Waals surface area contributed by atoms with E-state index in [-0.39, 0.29) is 28.4 Å². The van der Waals surface area contributed by atoms with Crippen LogP contribution in [-0.2, 0) is 6.42 Å². The number of nitro groups is 1. The van der Waals surface area contributed by atoms with Crippen molar-refractivity contribution in [2.75, 3.05) is 11.9 Å². The Morgan fingerprint density at radius 2 is 1.30 bits per heavy atom. The Bertz CT molecular complexity index is 1040. The minimum Gasteiger partial charge on any atom is -0.352 e. The number of para-hydroxylation sites is 2. The van der Waals surface area contributed by atoms with Gasteiger partial charge in [0.1, 0.15) is 5.56 Å². The van der Waals surface area contributed by atoms with Gasteiger partial charge in [0.15, 0.2) is 0 Å². The molecule has 0 saturated heterocycles. The number of nitrogens with zero attached hydrogens (tertiary/aromatic N) is 1. The minimum absolute atomic E-state index is 0.0724. The van der Waals surface area contributed by atoms with Crippen LogP contribution < -0.4 is 10.6 Å². The second-order valence-electron chi connectivity index (χ2n) is 6.27. The number of benzene rings is 3. The summed E-state index contributed by atoms with van der Waals surface area (Å²) in [5.74, 6) is -0.985. The second kappa shape index (κ2) is 14.9. The number of nitro benzene ring substituents is 1. The third-order valence-corrected chi connectivity index (χ3v) is 4.31. The van der Waals surface area contributed by atoms with Crippen molar-refractivity contribution < 1.29 is 14.5 Å². The van der Waals surface area contributed by atoms with Gasteiger partial charge in [0.2, 0.25) is 0 Å². The lowest BCUT2D eigenvalue weighted by molar-refractivity contribution is -0.385. The van der Waals surface area contributed by atoms with E-state index in [1.807, 2.05) is 58.0 Å². The number of carbonyl (C=O) groups excluding carboxylic acids is 2. The standard InChI is InChI=1S/C22H19N3O4.2C2H6/c26-21(23-15-14-16-8-2-1-3-9-16)17-10-4-6-12-19(17)24-22(27)18-11-5-7-13-20(18)25(28)29;2*1-2/h1-13H,14-15H2,(H,23,26)(H,24,27);2*1-2H3. The molecule has 0 fully saturated rings. The third kappa shape index (κ3) is 8.22. The van der Waals surface area contributed by atoms with E-state index in [0.717, 1.165) is 5.56 Å². The number of rotatable bonds is 7. The van der Waals surface area contributed by atoms with Crippen LogP contribution in [0, 0.1) is 10.1 Å². The van der Waals surface area contributed by atoms with Gasteiger partial charge < -0.3 is 10.6 Å². The van der Waals surface area contributed by atoms with Crippen molar-refractivity contribution in [1.29, 1.82) is 0 Å². The highest BCUT2D eigenvalue weighted by Crippen LogP contribution is 2.21. The number of amides is 2. The van der Waals surface area contributed by atoms with Gasteiger partial charge in [-0.05, 0) is 30.2 Å². The lowest BCUT2D eigenvalue weighted by atomic mass is 10.1. The highest BCUT2D eigenvalue weighted by Gasteiger charge is 2.21. The predicted molar refractivity (Wildman–Crippen MR) is 133 cm³/mol. The van der Waals surface area contributed by atoms with Crippen LogP contribution in [0.4, 0.5) is 11.4 Å². The van der Waals surface area contributed by atoms with E-state index in [9.17, 15) is 19.7 Å². The van der Waals surface area contributed by atoms with Crippen molar-refractivity contribution in [3.8, 4) is 0 Å². The average Bonchev–Trinajstić information content (AvgIpc) is 2.87. The number of hydrogen-bond donors (Lipinski definition) is 2. The zero-order valence-electron chi connectivity index (χ0n) is 19.5. The van der Waals surface area contributed by atoms with Crippen LogP contribution in [0.3, 0.4) is 0 Å². The van der Waals surface area contributed by atoms with Gasteiger partial charge >= 0.3 is 0 Å². The molecule has 2 amide bonds. The molecule has 3 aromatic rings. The number of nitrogens with one attached hydrogen (secondary N) is 2. The fourth-order valence-electron chi connectivity index (χ4n) is 2.86. The van der Waals surface area contributed by atoms with Gasteiger partial charge in [-0.3, -0.25) is 19.7 Å². The maximum atomic E-state index is 12.6. The van der Waals surface area contributed by atoms with Gasteiger partial charge in [-0.25, -0.2) is 0 Å². The maximum Gasteiger partial charge on any atom is 0.282 e. The fourth-order valence-corrected chi connectivity index (χ4v) is 2.86. The van der Waals surface area contributed by atoms with E-state index in [1.165, 1.54) is 18.2 Å². The molecule has 2 N–H and O–H groups in total. The van der Waals surface area contributed by atoms with Gasteiger partial charge in [-0.2, -0.15) is 0 Å². The van der Waals surface area contributed by atoms with Crippen LogP contribution in [0.15, 0.2) is 78.9 Å². The molecule has 0 bridgehead atoms. The third-order valence-electron chi connectivity index (χ3n) is 4.31. The molecular formula is C26H31N3O4. The van der Waals surface area contributed by atoms with Crippen LogP contribution in [-0.4, -0.2) is 23.3 Å². The van der Waals surface area contributed by atoms with Crippen LogP contribution in [0.2, 0.25) is 0 Å². The zero-order chi connectivity index (χ0) is 24.6. The van der Waals surface area contributed by atoms with Gasteiger partial charge in [0, 0.05) is 12.6 Å². The Morgan fingerprint density at radius 1 is 0.758 bits per heavy atom. The smallest absolute Gasteiger partial charge is 0.282 e. The molecule has 0 radical (unpaired) electrons. The number of hydrogen-bond acceptors (Lipinski definition) is 4. The first-order valence-electron chi connectivity index (χ1n) is 11.0. The van der Waals surface area contributed by atoms with Crippen molar-refractivity contribution in [3.05, 3.63) is 106 Å². The lowest BCUT2D eigenvalue weighted by Gasteiger charge is -2.12. The summed E-state index contributed by atoms with van der Waals surface area (Å²) in [5, 5.41) is 16.6. The molecular weight excluding hydrogens is 418 g/mol. The van der Waals surface area contributed by atoms with Gasteiger partial charge in [0.05, 0.1) is 16.2 Å². The molecule has 0 atom stereocenters. The molecule has 33 heavy (non-hydrogen) atoms. The topological polar surface area (TPSA) is 101 Å². The van der Waals surface area contributed by atoms with Crippen molar-refractivity contribution in [1.82, 2.24) is 5.32 Å². The summed E-state index contributed by atoms with van der Waals surface area (Å²) in [6.07, 6.45) is 0.678. The predicted octanol–water partition coefficient (Wildman–Crippen LogP) is 5.87. The summed E-state index contributed by atoms with van der Waals surface area (Å²) in [7, 11) is 0. The number of anilines is 1. The lowest BCUT2D eigenvalue weighted by Crippen LogP contribution is -2.27. The summed E-state index contributed by atoms with van der Waals surface area (Å²) in [4.78, 5) is 35.7. The first kappa shape index (κ1) is 27.0. The first-order chi connectivity index (χ1) is 16.1. The maximum absolute atomic E-state index is 12.6. The van der Waals surface area contributed by atoms with Crippen molar-refractivity contribution in [2.24, 2.45) is 0 Å². The van der Waals surface area contributed by atoms with Gasteiger partial charge in [-0.15, -0.1) is 0 Å². The highest BCUT2D eigenvalue weighted by molar-refractivity contribution is 6.10. The average molecular weight is 450 g/mol. The fraction of sp³-hybridized carbons (Fsp3) is 0.231. The molecule has 0 spiro atoms. The Morgan fingerprint density at radius 3 is 1.94 bits per heavy atom. The Kier molecular flexibility index (Phi) is 12.2. The van der Waals surface area contributed by atoms with E-state index in [4.69, 9.17) is 0 Å². The number of carbonyl (C=O) groups is 2. The van der Waals surface area contributed by atoms with Crippen molar-refractivity contribution >= 4 is 23.2 Å². The Labute approximate surface area is 195 Å². The highest BCUT2D eigenvalue weighted by atomic mass is 16.6. The molecule has 0 unspecified atom stereocenters. The molecule has 7 heteroatoms. The van der Waals surface area contributed by atoms with E-state index in [1.54, 1.807) is 30.3 Å². The Hall–Kier alpha value is -4.00. The molecule has 0 aliphatic rings. The second-order valence-corrected chi connectivity index (χ2v) is 6.27. The molecule has 174 valence electrons. The van der Waals surface area contributed by atoms with Crippen LogP contribution in [0.1, 0.15) is 54.0 Å². The van der Waals surface area contributed by atoms with Crippen molar-refractivity contribution in [3.63, 3.8) is 0 Å². The zero-order valence-corrected chi connectivity index (χ0v) is 19.5. The molecule has 0 aliphatic heterocycles. The summed E-state index contributed by atoms with van der Waals surface area (Å²) in [6.45, 7) is 8.44. The molecule has 0 heterocycles. The minimum atomic E-state index is -0.651. The van der Waals surface area contributed by atoms with Crippen molar-refractivity contribution in [2.45, 2.75) is 34.1 Å². The SMILES string of the molecule is CC.CC.O=C(NCCc1ccccc1)c1ccccc1NC(=O)c1ccccc1[N+](=O)[O-]. The first-order valence-corrected chi connectivity index (χ1v) is 11.0. The van der Waals surface area contributed by atoms with Gasteiger partial charge in [-0.1, -0.05) is 82.3 Å². The van der Waals surface area contributed by atoms with E-state index in [2.05, 4.69) is 10.6 Å². The monoisotopic (exact) mass is 449 g/mol. The summed E-state index contributed by atoms with van der Waals surface area (Å²) in [5.41, 5.74) is 1.30. The molecule has 3 aromatic carbocycles. The largest absolute Gasteiger partial charge is 0.352 e. The Balaban J connectivity index is 0.00000129. The van der Waals surface area contributed by atoms with E-state index in [0.29, 0.717) is 13.0 Å². The molecule has 0 aliphatic carbocycles. The molecule has 3 rings (SSSR count). The molecule has 0 aromatic heterocycles. The summed E-state index contributed by atoms with van der Waals surface area (Å²) >= 11 is 0. The van der Waals surface area contributed by atoms with Crippen LogP contribution in [0.5, 0.6) is 0 Å². The molecule has 0 saturated carbocycles. The van der Waals surface area contributed by atoms with E-state index >= 15 is 0 Å². The normalized spacial score (nSPS) is 9.33. The van der Waals surface area contributed by atoms with Crippen LogP contribution in [0.25, 0.3) is 0 Å². The quantitative estimate of drug-likeness (QED) is 0.348. The summed E-state index contributed by atoms with van der Waals surface area (Å²) in [6, 6.07) is 22.0. The molecule has 7 nitrogen and oxygen atoms in total. The van der Waals surface area contributed by atoms with Crippen LogP contribution >= 0.6 is 0 Å². The summed E-state index contributed by atoms with van der Waals surface area (Å²) < 4.78 is 0. The van der Waals surface area contributed by atoms with Gasteiger partial charge in [0.25, 0.3) is 17.5 Å².